The van der Waals surface area contributed by atoms with Crippen LogP contribution in [-0.4, -0.2) is 0 Å². The Morgan fingerprint density at radius 1 is 0.867 bits per heavy atom. The number of benzene rings is 2. The van der Waals surface area contributed by atoms with Crippen LogP contribution in [0.1, 0.15) is 0 Å². The Bertz CT molecular complexity index is 454. The van der Waals surface area contributed by atoms with Gasteiger partial charge in [-0.15, -0.1) is 0 Å². The van der Waals surface area contributed by atoms with Crippen molar-refractivity contribution in [2.75, 3.05) is 5.32 Å². The molecule has 76 valence electrons. The predicted octanol–water partition coefficient (Wildman–Crippen LogP) is 4.74. The number of hydrogen-bond donors (Lipinski definition) is 1. The van der Waals surface area contributed by atoms with E-state index in [1.807, 2.05) is 36.4 Å². The lowest BCUT2D eigenvalue weighted by Gasteiger charge is -2.08. The van der Waals surface area contributed by atoms with Crippen LogP contribution >= 0.6 is 23.2 Å². The molecule has 2 aromatic carbocycles. The van der Waals surface area contributed by atoms with Crippen molar-refractivity contribution in [2.45, 2.75) is 0 Å². The molecule has 1 N–H and O–H groups in total. The molecule has 0 saturated heterocycles. The van der Waals surface area contributed by atoms with Gasteiger partial charge in [0.15, 0.2) is 0 Å². The van der Waals surface area contributed by atoms with E-state index in [2.05, 4.69) is 5.32 Å². The zero-order valence-corrected chi connectivity index (χ0v) is 9.39. The maximum absolute atomic E-state index is 6.03. The fourth-order valence-corrected chi connectivity index (χ4v) is 1.72. The minimum Gasteiger partial charge on any atom is -0.354 e. The molecule has 15 heavy (non-hydrogen) atoms. The quantitative estimate of drug-likeness (QED) is 0.796. The van der Waals surface area contributed by atoms with E-state index >= 15 is 0 Å². The largest absolute Gasteiger partial charge is 0.354 e. The van der Waals surface area contributed by atoms with E-state index in [-0.39, 0.29) is 0 Å². The van der Waals surface area contributed by atoms with E-state index in [1.165, 1.54) is 0 Å². The molecule has 0 bridgehead atoms. The second-order valence-electron chi connectivity index (χ2n) is 3.12. The van der Waals surface area contributed by atoms with Gasteiger partial charge in [-0.3, -0.25) is 0 Å². The Morgan fingerprint density at radius 2 is 1.60 bits per heavy atom. The summed E-state index contributed by atoms with van der Waals surface area (Å²) in [7, 11) is 0. The molecule has 0 aliphatic heterocycles. The number of halogens is 2. The van der Waals surface area contributed by atoms with Gasteiger partial charge in [0.25, 0.3) is 0 Å². The fraction of sp³-hybridized carbons (Fsp3) is 0. The lowest BCUT2D eigenvalue weighted by Crippen LogP contribution is -1.90. The molecule has 0 spiro atoms. The van der Waals surface area contributed by atoms with Crippen LogP contribution in [0.3, 0.4) is 0 Å². The van der Waals surface area contributed by atoms with Crippen molar-refractivity contribution < 1.29 is 0 Å². The Hall–Kier alpha value is -1.18. The van der Waals surface area contributed by atoms with Crippen molar-refractivity contribution in [2.24, 2.45) is 0 Å². The van der Waals surface area contributed by atoms with Crippen molar-refractivity contribution in [1.29, 1.82) is 0 Å². The molecular formula is C12H9Cl2N. The van der Waals surface area contributed by atoms with E-state index in [0.717, 1.165) is 11.4 Å². The summed E-state index contributed by atoms with van der Waals surface area (Å²) >= 11 is 11.8. The first-order valence-corrected chi connectivity index (χ1v) is 5.28. The molecule has 0 aliphatic carbocycles. The van der Waals surface area contributed by atoms with E-state index in [4.69, 9.17) is 23.2 Å². The minimum atomic E-state index is 0.617. The molecule has 1 nitrogen and oxygen atoms in total. The van der Waals surface area contributed by atoms with E-state index in [0.29, 0.717) is 10.0 Å². The summed E-state index contributed by atoms with van der Waals surface area (Å²) in [4.78, 5) is 0. The fourth-order valence-electron chi connectivity index (χ4n) is 1.27. The van der Waals surface area contributed by atoms with Gasteiger partial charge in [0.05, 0.1) is 10.7 Å². The van der Waals surface area contributed by atoms with Gasteiger partial charge in [-0.2, -0.15) is 0 Å². The zero-order chi connectivity index (χ0) is 10.7. The SMILES string of the molecule is Clc1ccc(Nc2ccccc2)c(Cl)c1. The number of nitrogens with one attached hydrogen (secondary N) is 1. The Labute approximate surface area is 98.6 Å². The van der Waals surface area contributed by atoms with Crippen LogP contribution in [0.2, 0.25) is 10.0 Å². The lowest BCUT2D eigenvalue weighted by molar-refractivity contribution is 1.55. The first kappa shape index (κ1) is 10.3. The molecule has 0 fully saturated rings. The summed E-state index contributed by atoms with van der Waals surface area (Å²) in [5, 5.41) is 4.46. The van der Waals surface area contributed by atoms with E-state index in [9.17, 15) is 0 Å². The number of rotatable bonds is 2. The summed E-state index contributed by atoms with van der Waals surface area (Å²) in [6.07, 6.45) is 0. The van der Waals surface area contributed by atoms with Crippen LogP contribution in [0.25, 0.3) is 0 Å². The van der Waals surface area contributed by atoms with Gasteiger partial charge in [0, 0.05) is 10.7 Å². The van der Waals surface area contributed by atoms with Gasteiger partial charge in [-0.1, -0.05) is 41.4 Å². The number of anilines is 2. The number of hydrogen-bond acceptors (Lipinski definition) is 1. The first-order valence-electron chi connectivity index (χ1n) is 4.53. The predicted molar refractivity (Wildman–Crippen MR) is 66.2 cm³/mol. The third-order valence-corrected chi connectivity index (χ3v) is 2.53. The molecule has 0 amide bonds. The maximum atomic E-state index is 6.03. The van der Waals surface area contributed by atoms with Gasteiger partial charge in [-0.25, -0.2) is 0 Å². The summed E-state index contributed by atoms with van der Waals surface area (Å²) in [6, 6.07) is 15.2. The minimum absolute atomic E-state index is 0.617. The summed E-state index contributed by atoms with van der Waals surface area (Å²) < 4.78 is 0. The molecule has 0 atom stereocenters. The molecule has 0 aromatic heterocycles. The Morgan fingerprint density at radius 3 is 2.27 bits per heavy atom. The molecular weight excluding hydrogens is 229 g/mol. The second-order valence-corrected chi connectivity index (χ2v) is 3.96. The average Bonchev–Trinajstić information content (AvgIpc) is 2.24. The van der Waals surface area contributed by atoms with Crippen LogP contribution in [0.5, 0.6) is 0 Å². The molecule has 2 aromatic rings. The standard InChI is InChI=1S/C12H9Cl2N/c13-9-6-7-12(11(14)8-9)15-10-4-2-1-3-5-10/h1-8,15H. The molecule has 0 heterocycles. The van der Waals surface area contributed by atoms with Gasteiger partial charge in [-0.05, 0) is 30.3 Å². The van der Waals surface area contributed by atoms with Gasteiger partial charge in [0.2, 0.25) is 0 Å². The topological polar surface area (TPSA) is 12.0 Å². The maximum Gasteiger partial charge on any atom is 0.0655 e. The summed E-state index contributed by atoms with van der Waals surface area (Å²) in [5.41, 5.74) is 1.86. The van der Waals surface area contributed by atoms with Gasteiger partial charge in [0.1, 0.15) is 0 Å². The van der Waals surface area contributed by atoms with Crippen LogP contribution in [0.4, 0.5) is 11.4 Å². The van der Waals surface area contributed by atoms with Gasteiger partial charge < -0.3 is 5.32 Å². The van der Waals surface area contributed by atoms with Crippen molar-refractivity contribution >= 4 is 34.6 Å². The highest BCUT2D eigenvalue weighted by Crippen LogP contribution is 2.27. The highest BCUT2D eigenvalue weighted by atomic mass is 35.5. The first-order chi connectivity index (χ1) is 7.25. The van der Waals surface area contributed by atoms with E-state index in [1.54, 1.807) is 12.1 Å². The molecule has 2 rings (SSSR count). The smallest absolute Gasteiger partial charge is 0.0655 e. The third-order valence-electron chi connectivity index (χ3n) is 1.98. The Kier molecular flexibility index (Phi) is 3.14. The summed E-state index contributed by atoms with van der Waals surface area (Å²) in [5.74, 6) is 0. The third kappa shape index (κ3) is 2.65. The van der Waals surface area contributed by atoms with Crippen molar-refractivity contribution in [3.05, 3.63) is 58.6 Å². The van der Waals surface area contributed by atoms with Crippen molar-refractivity contribution in [3.8, 4) is 0 Å². The van der Waals surface area contributed by atoms with Gasteiger partial charge >= 0.3 is 0 Å². The van der Waals surface area contributed by atoms with Crippen LogP contribution < -0.4 is 5.32 Å². The molecule has 0 radical (unpaired) electrons. The second kappa shape index (κ2) is 4.56. The van der Waals surface area contributed by atoms with Crippen LogP contribution in [0, 0.1) is 0 Å². The zero-order valence-electron chi connectivity index (χ0n) is 7.87. The van der Waals surface area contributed by atoms with Crippen LogP contribution in [0.15, 0.2) is 48.5 Å². The molecule has 0 aliphatic rings. The highest BCUT2D eigenvalue weighted by Gasteiger charge is 2.00. The Balaban J connectivity index is 2.25. The molecule has 0 unspecified atom stereocenters. The van der Waals surface area contributed by atoms with Crippen molar-refractivity contribution in [1.82, 2.24) is 0 Å². The van der Waals surface area contributed by atoms with E-state index < -0.39 is 0 Å². The van der Waals surface area contributed by atoms with Crippen LogP contribution in [-0.2, 0) is 0 Å². The summed E-state index contributed by atoms with van der Waals surface area (Å²) in [6.45, 7) is 0. The average molecular weight is 238 g/mol. The normalized spacial score (nSPS) is 10.0. The lowest BCUT2D eigenvalue weighted by atomic mass is 10.2. The number of para-hydroxylation sites is 1. The van der Waals surface area contributed by atoms with Crippen molar-refractivity contribution in [3.63, 3.8) is 0 Å². The molecule has 0 saturated carbocycles. The monoisotopic (exact) mass is 237 g/mol. The molecule has 3 heteroatoms. The highest BCUT2D eigenvalue weighted by molar-refractivity contribution is 6.36.